The normalized spacial score (nSPS) is 28.1. The van der Waals surface area contributed by atoms with Gasteiger partial charge in [0.15, 0.2) is 0 Å². The maximum absolute atomic E-state index is 5.85. The van der Waals surface area contributed by atoms with Crippen LogP contribution in [0, 0.1) is 17.8 Å². The van der Waals surface area contributed by atoms with E-state index in [1.54, 1.807) is 0 Å². The van der Waals surface area contributed by atoms with Crippen LogP contribution in [0.25, 0.3) is 0 Å². The fraction of sp³-hybridized carbons (Fsp3) is 0.529. The van der Waals surface area contributed by atoms with Crippen LogP contribution in [-0.2, 0) is 0 Å². The Kier molecular flexibility index (Phi) is 3.50. The van der Waals surface area contributed by atoms with E-state index in [1.807, 2.05) is 12.1 Å². The molecule has 2 aliphatic carbocycles. The van der Waals surface area contributed by atoms with Crippen molar-refractivity contribution >= 4 is 5.69 Å². The first-order valence-electron chi connectivity index (χ1n) is 7.40. The molecule has 1 aromatic carbocycles. The molecule has 2 bridgehead atoms. The second-order valence-corrected chi connectivity index (χ2v) is 6.08. The Labute approximate surface area is 115 Å². The van der Waals surface area contributed by atoms with Gasteiger partial charge in [-0.05, 0) is 56.6 Å². The summed E-state index contributed by atoms with van der Waals surface area (Å²) < 4.78 is 5.85. The fourth-order valence-corrected chi connectivity index (χ4v) is 3.34. The van der Waals surface area contributed by atoms with Gasteiger partial charge in [0.05, 0.1) is 11.8 Å². The van der Waals surface area contributed by atoms with Crippen LogP contribution < -0.4 is 10.1 Å². The zero-order chi connectivity index (χ0) is 13.2. The van der Waals surface area contributed by atoms with Crippen LogP contribution in [0.4, 0.5) is 5.69 Å². The lowest BCUT2D eigenvalue weighted by Crippen LogP contribution is -2.19. The van der Waals surface area contributed by atoms with E-state index in [0.29, 0.717) is 0 Å². The molecule has 0 heterocycles. The number of allylic oxidation sites excluding steroid dienone is 2. The molecule has 2 aliphatic rings. The zero-order valence-corrected chi connectivity index (χ0v) is 11.8. The van der Waals surface area contributed by atoms with Gasteiger partial charge in [0.2, 0.25) is 0 Å². The van der Waals surface area contributed by atoms with Crippen LogP contribution in [0.1, 0.15) is 26.7 Å². The summed E-state index contributed by atoms with van der Waals surface area (Å²) in [4.78, 5) is 0. The highest BCUT2D eigenvalue weighted by Crippen LogP contribution is 2.43. The Morgan fingerprint density at radius 2 is 2.05 bits per heavy atom. The number of benzene rings is 1. The number of hydrogen-bond donors (Lipinski definition) is 1. The molecule has 0 spiro atoms. The summed E-state index contributed by atoms with van der Waals surface area (Å²) in [6.07, 6.45) is 7.75. The largest absolute Gasteiger partial charge is 0.489 e. The quantitative estimate of drug-likeness (QED) is 0.802. The van der Waals surface area contributed by atoms with Gasteiger partial charge in [0, 0.05) is 6.54 Å². The number of anilines is 1. The van der Waals surface area contributed by atoms with Crippen LogP contribution in [0.3, 0.4) is 0 Å². The molecule has 102 valence electrons. The van der Waals surface area contributed by atoms with Gasteiger partial charge in [-0.2, -0.15) is 0 Å². The lowest BCUT2D eigenvalue weighted by atomic mass is 9.93. The molecular weight excluding hydrogens is 234 g/mol. The maximum Gasteiger partial charge on any atom is 0.142 e. The lowest BCUT2D eigenvalue weighted by molar-refractivity contribution is 0.243. The molecule has 2 nitrogen and oxygen atoms in total. The summed E-state index contributed by atoms with van der Waals surface area (Å²) in [7, 11) is 0. The van der Waals surface area contributed by atoms with Crippen molar-refractivity contribution < 1.29 is 4.74 Å². The van der Waals surface area contributed by atoms with Gasteiger partial charge in [0.25, 0.3) is 0 Å². The Morgan fingerprint density at radius 1 is 1.21 bits per heavy atom. The Morgan fingerprint density at radius 3 is 2.74 bits per heavy atom. The van der Waals surface area contributed by atoms with E-state index in [2.05, 4.69) is 43.4 Å². The third kappa shape index (κ3) is 2.78. The molecular formula is C17H23NO. The molecule has 1 saturated carbocycles. The van der Waals surface area contributed by atoms with E-state index in [-0.39, 0.29) is 6.10 Å². The predicted octanol–water partition coefficient (Wildman–Crippen LogP) is 4.10. The minimum absolute atomic E-state index is 0.216. The first kappa shape index (κ1) is 12.6. The van der Waals surface area contributed by atoms with Crippen molar-refractivity contribution in [3.8, 4) is 5.75 Å². The molecule has 1 N–H and O–H groups in total. The highest BCUT2D eigenvalue weighted by atomic mass is 16.5. The number of rotatable bonds is 5. The summed E-state index contributed by atoms with van der Waals surface area (Å²) >= 11 is 0. The van der Waals surface area contributed by atoms with E-state index in [0.717, 1.165) is 35.7 Å². The van der Waals surface area contributed by atoms with Crippen LogP contribution in [0.2, 0.25) is 0 Å². The van der Waals surface area contributed by atoms with Crippen LogP contribution >= 0.6 is 0 Å². The number of para-hydroxylation sites is 2. The van der Waals surface area contributed by atoms with Crippen LogP contribution in [0.15, 0.2) is 36.4 Å². The summed E-state index contributed by atoms with van der Waals surface area (Å²) in [5.74, 6) is 3.41. The molecule has 2 heteroatoms. The Hall–Kier alpha value is -1.44. The Bertz CT molecular complexity index is 466. The van der Waals surface area contributed by atoms with Crippen molar-refractivity contribution in [2.24, 2.45) is 17.8 Å². The lowest BCUT2D eigenvalue weighted by Gasteiger charge is -2.21. The van der Waals surface area contributed by atoms with Crippen molar-refractivity contribution in [3.63, 3.8) is 0 Å². The number of nitrogens with one attached hydrogen (secondary N) is 1. The van der Waals surface area contributed by atoms with E-state index in [9.17, 15) is 0 Å². The highest BCUT2D eigenvalue weighted by Gasteiger charge is 2.35. The van der Waals surface area contributed by atoms with Crippen molar-refractivity contribution in [1.82, 2.24) is 0 Å². The van der Waals surface area contributed by atoms with E-state index >= 15 is 0 Å². The standard InChI is InChI=1S/C17H23NO/c1-12(2)19-17-6-4-3-5-16(17)18-11-15-10-13-7-8-14(15)9-13/h3-8,12-15,18H,9-11H2,1-2H3. The highest BCUT2D eigenvalue weighted by molar-refractivity contribution is 5.56. The molecule has 1 fully saturated rings. The van der Waals surface area contributed by atoms with Gasteiger partial charge in [-0.3, -0.25) is 0 Å². The van der Waals surface area contributed by atoms with Crippen LogP contribution in [-0.4, -0.2) is 12.6 Å². The second kappa shape index (κ2) is 5.28. The van der Waals surface area contributed by atoms with E-state index < -0.39 is 0 Å². The van der Waals surface area contributed by atoms with Gasteiger partial charge in [-0.25, -0.2) is 0 Å². The molecule has 1 aromatic rings. The van der Waals surface area contributed by atoms with Crippen LogP contribution in [0.5, 0.6) is 5.75 Å². The molecule has 0 radical (unpaired) electrons. The van der Waals surface area contributed by atoms with Crippen molar-refractivity contribution in [1.29, 1.82) is 0 Å². The number of ether oxygens (including phenoxy) is 1. The molecule has 3 rings (SSSR count). The third-order valence-corrected chi connectivity index (χ3v) is 4.22. The summed E-state index contributed by atoms with van der Waals surface area (Å²) in [6, 6.07) is 8.25. The summed E-state index contributed by atoms with van der Waals surface area (Å²) in [6.45, 7) is 5.19. The minimum atomic E-state index is 0.216. The predicted molar refractivity (Wildman–Crippen MR) is 79.5 cm³/mol. The topological polar surface area (TPSA) is 21.3 Å². The second-order valence-electron chi connectivity index (χ2n) is 6.08. The van der Waals surface area contributed by atoms with Gasteiger partial charge in [0.1, 0.15) is 5.75 Å². The molecule has 0 aromatic heterocycles. The minimum Gasteiger partial charge on any atom is -0.489 e. The maximum atomic E-state index is 5.85. The molecule has 0 aliphatic heterocycles. The summed E-state index contributed by atoms with van der Waals surface area (Å²) in [5.41, 5.74) is 1.13. The van der Waals surface area contributed by atoms with Gasteiger partial charge >= 0.3 is 0 Å². The van der Waals surface area contributed by atoms with Gasteiger partial charge in [-0.1, -0.05) is 24.3 Å². The SMILES string of the molecule is CC(C)Oc1ccccc1NCC1CC2C=CC1C2. The zero-order valence-electron chi connectivity index (χ0n) is 11.8. The van der Waals surface area contributed by atoms with Crippen molar-refractivity contribution in [2.45, 2.75) is 32.8 Å². The van der Waals surface area contributed by atoms with Crippen molar-refractivity contribution in [2.75, 3.05) is 11.9 Å². The fourth-order valence-electron chi connectivity index (χ4n) is 3.34. The van der Waals surface area contributed by atoms with Crippen molar-refractivity contribution in [3.05, 3.63) is 36.4 Å². The molecule has 3 unspecified atom stereocenters. The Balaban J connectivity index is 1.62. The average molecular weight is 257 g/mol. The summed E-state index contributed by atoms with van der Waals surface area (Å²) in [5, 5.41) is 3.59. The monoisotopic (exact) mass is 257 g/mol. The number of hydrogen-bond acceptors (Lipinski definition) is 2. The smallest absolute Gasteiger partial charge is 0.142 e. The first-order valence-corrected chi connectivity index (χ1v) is 7.40. The molecule has 0 amide bonds. The first-order chi connectivity index (χ1) is 9.22. The average Bonchev–Trinajstić information content (AvgIpc) is 2.99. The van der Waals surface area contributed by atoms with E-state index in [4.69, 9.17) is 4.74 Å². The molecule has 19 heavy (non-hydrogen) atoms. The third-order valence-electron chi connectivity index (χ3n) is 4.22. The number of fused-ring (bicyclic) bond motifs is 2. The molecule has 0 saturated heterocycles. The molecule has 3 atom stereocenters. The van der Waals surface area contributed by atoms with Gasteiger partial charge < -0.3 is 10.1 Å². The van der Waals surface area contributed by atoms with Gasteiger partial charge in [-0.15, -0.1) is 0 Å². The van der Waals surface area contributed by atoms with E-state index in [1.165, 1.54) is 12.8 Å².